The quantitative estimate of drug-likeness (QED) is 0.868. The second kappa shape index (κ2) is 5.56. The molecule has 1 saturated heterocycles. The molecule has 0 amide bonds. The van der Waals surface area contributed by atoms with Crippen LogP contribution in [0.15, 0.2) is 52.0 Å². The van der Waals surface area contributed by atoms with Gasteiger partial charge in [0.2, 0.25) is 0 Å². The SMILES string of the molecule is CCS(=O)(=O)c1ccc(N2CCC[C@@H]2c2ccco2)cc1. The van der Waals surface area contributed by atoms with E-state index in [0.717, 1.165) is 30.8 Å². The number of anilines is 1. The minimum absolute atomic E-state index is 0.130. The molecule has 1 aromatic carbocycles. The van der Waals surface area contributed by atoms with Gasteiger partial charge in [-0.3, -0.25) is 0 Å². The van der Waals surface area contributed by atoms with Crippen molar-refractivity contribution in [3.05, 3.63) is 48.4 Å². The van der Waals surface area contributed by atoms with E-state index in [4.69, 9.17) is 4.42 Å². The van der Waals surface area contributed by atoms with Gasteiger partial charge in [0.25, 0.3) is 0 Å². The number of sulfone groups is 1. The first-order valence-electron chi connectivity index (χ1n) is 7.24. The first-order valence-corrected chi connectivity index (χ1v) is 8.90. The fourth-order valence-electron chi connectivity index (χ4n) is 2.86. The predicted molar refractivity (Wildman–Crippen MR) is 82.2 cm³/mol. The molecule has 0 radical (unpaired) electrons. The van der Waals surface area contributed by atoms with Crippen molar-refractivity contribution in [1.29, 1.82) is 0 Å². The lowest BCUT2D eigenvalue weighted by atomic mass is 10.1. The summed E-state index contributed by atoms with van der Waals surface area (Å²) in [6.07, 6.45) is 3.87. The molecule has 0 aliphatic carbocycles. The molecule has 2 heterocycles. The smallest absolute Gasteiger partial charge is 0.178 e. The van der Waals surface area contributed by atoms with Crippen molar-refractivity contribution in [3.8, 4) is 0 Å². The van der Waals surface area contributed by atoms with Crippen LogP contribution in [0.4, 0.5) is 5.69 Å². The van der Waals surface area contributed by atoms with Gasteiger partial charge >= 0.3 is 0 Å². The minimum atomic E-state index is -3.13. The van der Waals surface area contributed by atoms with Crippen molar-refractivity contribution in [3.63, 3.8) is 0 Å². The van der Waals surface area contributed by atoms with Crippen LogP contribution in [0.3, 0.4) is 0 Å². The maximum Gasteiger partial charge on any atom is 0.178 e. The van der Waals surface area contributed by atoms with E-state index in [1.807, 2.05) is 24.3 Å². The fraction of sp³-hybridized carbons (Fsp3) is 0.375. The van der Waals surface area contributed by atoms with Gasteiger partial charge in [-0.15, -0.1) is 0 Å². The predicted octanol–water partition coefficient (Wildman–Crippen LogP) is 3.41. The Bertz CT molecular complexity index is 690. The van der Waals surface area contributed by atoms with Gasteiger partial charge in [-0.1, -0.05) is 6.92 Å². The summed E-state index contributed by atoms with van der Waals surface area (Å²) in [6, 6.07) is 11.3. The molecule has 21 heavy (non-hydrogen) atoms. The fourth-order valence-corrected chi connectivity index (χ4v) is 3.75. The van der Waals surface area contributed by atoms with Crippen LogP contribution in [0, 0.1) is 0 Å². The van der Waals surface area contributed by atoms with Gasteiger partial charge in [0, 0.05) is 12.2 Å². The van der Waals surface area contributed by atoms with Crippen molar-refractivity contribution in [2.24, 2.45) is 0 Å². The largest absolute Gasteiger partial charge is 0.467 e. The molecule has 0 bridgehead atoms. The monoisotopic (exact) mass is 305 g/mol. The Morgan fingerprint density at radius 3 is 2.62 bits per heavy atom. The van der Waals surface area contributed by atoms with E-state index in [1.54, 1.807) is 25.3 Å². The van der Waals surface area contributed by atoms with Crippen molar-refractivity contribution in [1.82, 2.24) is 0 Å². The Morgan fingerprint density at radius 1 is 1.24 bits per heavy atom. The molecule has 1 aliphatic rings. The van der Waals surface area contributed by atoms with Crippen molar-refractivity contribution >= 4 is 15.5 Å². The molecule has 4 nitrogen and oxygen atoms in total. The second-order valence-corrected chi connectivity index (χ2v) is 7.54. The number of benzene rings is 1. The maximum absolute atomic E-state index is 11.9. The van der Waals surface area contributed by atoms with Crippen LogP contribution in [-0.4, -0.2) is 20.7 Å². The number of hydrogen-bond donors (Lipinski definition) is 0. The summed E-state index contributed by atoms with van der Waals surface area (Å²) in [7, 11) is -3.13. The standard InChI is InChI=1S/C16H19NO3S/c1-2-21(18,19)14-9-7-13(8-10-14)17-11-3-5-15(17)16-6-4-12-20-16/h4,6-10,12,15H,2-3,5,11H2,1H3/t15-/m1/s1. The molecule has 1 atom stereocenters. The number of furan rings is 1. The van der Waals surface area contributed by atoms with E-state index in [-0.39, 0.29) is 11.8 Å². The third-order valence-electron chi connectivity index (χ3n) is 4.03. The van der Waals surface area contributed by atoms with Crippen molar-refractivity contribution in [2.45, 2.75) is 30.7 Å². The lowest BCUT2D eigenvalue weighted by Crippen LogP contribution is -2.22. The highest BCUT2D eigenvalue weighted by atomic mass is 32.2. The van der Waals surface area contributed by atoms with E-state index in [1.165, 1.54) is 0 Å². The van der Waals surface area contributed by atoms with Gasteiger partial charge in [0.1, 0.15) is 5.76 Å². The molecule has 0 saturated carbocycles. The van der Waals surface area contributed by atoms with Crippen LogP contribution >= 0.6 is 0 Å². The number of hydrogen-bond acceptors (Lipinski definition) is 4. The summed E-state index contributed by atoms with van der Waals surface area (Å²) in [5.41, 5.74) is 1.05. The zero-order valence-corrected chi connectivity index (χ0v) is 12.8. The minimum Gasteiger partial charge on any atom is -0.467 e. The zero-order valence-electron chi connectivity index (χ0n) is 12.0. The summed E-state index contributed by atoms with van der Waals surface area (Å²) in [5, 5.41) is 0. The van der Waals surface area contributed by atoms with Crippen LogP contribution in [0.2, 0.25) is 0 Å². The van der Waals surface area contributed by atoms with Crippen LogP contribution < -0.4 is 4.90 Å². The van der Waals surface area contributed by atoms with Crippen LogP contribution in [0.5, 0.6) is 0 Å². The highest BCUT2D eigenvalue weighted by Gasteiger charge is 2.28. The molecule has 1 aliphatic heterocycles. The molecule has 0 N–H and O–H groups in total. The van der Waals surface area contributed by atoms with Crippen molar-refractivity contribution < 1.29 is 12.8 Å². The van der Waals surface area contributed by atoms with Crippen LogP contribution in [0.1, 0.15) is 31.6 Å². The van der Waals surface area contributed by atoms with E-state index < -0.39 is 9.84 Å². The van der Waals surface area contributed by atoms with Gasteiger partial charge in [0.15, 0.2) is 9.84 Å². The average molecular weight is 305 g/mol. The van der Waals surface area contributed by atoms with E-state index in [9.17, 15) is 8.42 Å². The Morgan fingerprint density at radius 2 is 2.00 bits per heavy atom. The van der Waals surface area contributed by atoms with Gasteiger partial charge in [0.05, 0.1) is 23.0 Å². The van der Waals surface area contributed by atoms with E-state index in [0.29, 0.717) is 4.90 Å². The second-order valence-electron chi connectivity index (χ2n) is 5.26. The first-order chi connectivity index (χ1) is 10.1. The lowest BCUT2D eigenvalue weighted by molar-refractivity contribution is 0.465. The summed E-state index contributed by atoms with van der Waals surface area (Å²) in [6.45, 7) is 2.63. The highest BCUT2D eigenvalue weighted by Crippen LogP contribution is 2.36. The summed E-state index contributed by atoms with van der Waals surface area (Å²) in [4.78, 5) is 2.67. The molecule has 1 aromatic heterocycles. The normalized spacial score (nSPS) is 19.1. The van der Waals surface area contributed by atoms with E-state index in [2.05, 4.69) is 4.90 Å². The molecule has 2 aromatic rings. The van der Waals surface area contributed by atoms with Gasteiger partial charge in [-0.2, -0.15) is 0 Å². The van der Waals surface area contributed by atoms with Gasteiger partial charge < -0.3 is 9.32 Å². The maximum atomic E-state index is 11.9. The van der Waals surface area contributed by atoms with Gasteiger partial charge in [-0.05, 0) is 49.2 Å². The molecule has 3 rings (SSSR count). The molecule has 5 heteroatoms. The molecular formula is C16H19NO3S. The van der Waals surface area contributed by atoms with Crippen LogP contribution in [-0.2, 0) is 9.84 Å². The Hall–Kier alpha value is -1.75. The van der Waals surface area contributed by atoms with Gasteiger partial charge in [-0.25, -0.2) is 8.42 Å². The highest BCUT2D eigenvalue weighted by molar-refractivity contribution is 7.91. The average Bonchev–Trinajstić information content (AvgIpc) is 3.18. The summed E-state index contributed by atoms with van der Waals surface area (Å²) < 4.78 is 29.2. The Balaban J connectivity index is 1.87. The molecule has 112 valence electrons. The van der Waals surface area contributed by atoms with Crippen molar-refractivity contribution in [2.75, 3.05) is 17.2 Å². The van der Waals surface area contributed by atoms with E-state index >= 15 is 0 Å². The number of rotatable bonds is 4. The molecule has 1 fully saturated rings. The third-order valence-corrected chi connectivity index (χ3v) is 5.78. The molecule has 0 spiro atoms. The summed E-state index contributed by atoms with van der Waals surface area (Å²) in [5.74, 6) is 1.10. The zero-order chi connectivity index (χ0) is 14.9. The topological polar surface area (TPSA) is 50.5 Å². The van der Waals surface area contributed by atoms with Crippen LogP contribution in [0.25, 0.3) is 0 Å². The third kappa shape index (κ3) is 2.70. The first kappa shape index (κ1) is 14.2. The molecular weight excluding hydrogens is 286 g/mol. The summed E-state index contributed by atoms with van der Waals surface area (Å²) >= 11 is 0. The number of nitrogens with zero attached hydrogens (tertiary/aromatic N) is 1. The lowest BCUT2D eigenvalue weighted by Gasteiger charge is -2.25. The Labute approximate surface area is 125 Å². The Kier molecular flexibility index (Phi) is 3.76. The molecule has 0 unspecified atom stereocenters.